The lowest BCUT2D eigenvalue weighted by Gasteiger charge is -2.17. The summed E-state index contributed by atoms with van der Waals surface area (Å²) in [5.74, 6) is 0.0742. The van der Waals surface area contributed by atoms with E-state index in [-0.39, 0.29) is 11.9 Å². The largest absolute Gasteiger partial charge is 0.479 e. The van der Waals surface area contributed by atoms with Crippen molar-refractivity contribution in [2.24, 2.45) is 0 Å². The summed E-state index contributed by atoms with van der Waals surface area (Å²) in [7, 11) is 0. The molecule has 0 radical (unpaired) electrons. The summed E-state index contributed by atoms with van der Waals surface area (Å²) in [5, 5.41) is 14.7. The lowest BCUT2D eigenvalue weighted by Crippen LogP contribution is -2.45. The molecule has 2 rings (SSSR count). The summed E-state index contributed by atoms with van der Waals surface area (Å²) < 4.78 is 0. The van der Waals surface area contributed by atoms with Crippen molar-refractivity contribution < 1.29 is 14.7 Å². The van der Waals surface area contributed by atoms with E-state index in [0.717, 1.165) is 5.88 Å². The van der Waals surface area contributed by atoms with Crippen LogP contribution in [-0.4, -0.2) is 34.7 Å². The smallest absolute Gasteiger partial charge is 0.330 e. The van der Waals surface area contributed by atoms with Crippen LogP contribution in [0.3, 0.4) is 0 Å². The van der Waals surface area contributed by atoms with Crippen LogP contribution in [0.1, 0.15) is 11.6 Å². The highest BCUT2D eigenvalue weighted by Crippen LogP contribution is 2.15. The Bertz CT molecular complexity index is 432. The minimum atomic E-state index is -1.06. The van der Waals surface area contributed by atoms with Crippen LogP contribution in [0, 0.1) is 0 Å². The predicted octanol–water partition coefficient (Wildman–Crippen LogP) is 0.591. The SMILES string of the molecule is O=C(NC(C(=O)O)c1ccccc1)C1CSCN1. The van der Waals surface area contributed by atoms with Crippen LogP contribution in [-0.2, 0) is 9.59 Å². The van der Waals surface area contributed by atoms with Crippen molar-refractivity contribution in [1.29, 1.82) is 0 Å². The second-order valence-corrected chi connectivity index (χ2v) is 4.99. The highest BCUT2D eigenvalue weighted by molar-refractivity contribution is 7.99. The maximum atomic E-state index is 11.9. The van der Waals surface area contributed by atoms with Gasteiger partial charge in [-0.3, -0.25) is 10.1 Å². The third-order valence-electron chi connectivity index (χ3n) is 2.70. The van der Waals surface area contributed by atoms with Gasteiger partial charge in [0.05, 0.1) is 6.04 Å². The molecule has 2 atom stereocenters. The van der Waals surface area contributed by atoms with Gasteiger partial charge in [0.2, 0.25) is 5.91 Å². The number of carbonyl (C=O) groups excluding carboxylic acids is 1. The molecule has 0 saturated carbocycles. The van der Waals surface area contributed by atoms with Crippen molar-refractivity contribution in [3.8, 4) is 0 Å². The van der Waals surface area contributed by atoms with Gasteiger partial charge in [-0.1, -0.05) is 30.3 Å². The Morgan fingerprint density at radius 3 is 2.67 bits per heavy atom. The van der Waals surface area contributed by atoms with Gasteiger partial charge in [0.25, 0.3) is 0 Å². The van der Waals surface area contributed by atoms with Gasteiger partial charge >= 0.3 is 5.97 Å². The van der Waals surface area contributed by atoms with Crippen molar-refractivity contribution >= 4 is 23.6 Å². The van der Waals surface area contributed by atoms with Crippen LogP contribution in [0.5, 0.6) is 0 Å². The fourth-order valence-electron chi connectivity index (χ4n) is 1.74. The molecular weight excluding hydrogens is 252 g/mol. The van der Waals surface area contributed by atoms with Crippen molar-refractivity contribution in [2.75, 3.05) is 11.6 Å². The number of nitrogens with one attached hydrogen (secondary N) is 2. The minimum absolute atomic E-state index is 0.267. The topological polar surface area (TPSA) is 78.4 Å². The Morgan fingerprint density at radius 2 is 2.11 bits per heavy atom. The van der Waals surface area contributed by atoms with Gasteiger partial charge in [-0.15, -0.1) is 11.8 Å². The van der Waals surface area contributed by atoms with E-state index in [4.69, 9.17) is 0 Å². The lowest BCUT2D eigenvalue weighted by atomic mass is 10.1. The molecule has 0 spiro atoms. The van der Waals surface area contributed by atoms with Crippen LogP contribution in [0.15, 0.2) is 30.3 Å². The van der Waals surface area contributed by atoms with Gasteiger partial charge in [-0.2, -0.15) is 0 Å². The van der Waals surface area contributed by atoms with Gasteiger partial charge < -0.3 is 10.4 Å². The zero-order valence-electron chi connectivity index (χ0n) is 9.63. The van der Waals surface area contributed by atoms with E-state index in [0.29, 0.717) is 11.3 Å². The fourth-order valence-corrected chi connectivity index (χ4v) is 2.68. The Morgan fingerprint density at radius 1 is 1.39 bits per heavy atom. The van der Waals surface area contributed by atoms with Gasteiger partial charge in [0.15, 0.2) is 6.04 Å². The van der Waals surface area contributed by atoms with Crippen LogP contribution in [0.2, 0.25) is 0 Å². The van der Waals surface area contributed by atoms with Gasteiger partial charge in [0.1, 0.15) is 0 Å². The number of carbonyl (C=O) groups is 2. The van der Waals surface area contributed by atoms with E-state index in [9.17, 15) is 14.7 Å². The number of rotatable bonds is 4. The maximum Gasteiger partial charge on any atom is 0.330 e. The number of aliphatic carboxylic acids is 1. The third kappa shape index (κ3) is 3.02. The Kier molecular flexibility index (Phi) is 4.22. The predicted molar refractivity (Wildman–Crippen MR) is 69.2 cm³/mol. The first kappa shape index (κ1) is 12.9. The van der Waals surface area contributed by atoms with Crippen LogP contribution >= 0.6 is 11.8 Å². The number of carboxylic acids is 1. The second-order valence-electron chi connectivity index (χ2n) is 3.96. The Hall–Kier alpha value is -1.53. The summed E-state index contributed by atoms with van der Waals surface area (Å²) in [6.07, 6.45) is 0. The molecule has 1 saturated heterocycles. The average molecular weight is 266 g/mol. The minimum Gasteiger partial charge on any atom is -0.479 e. The zero-order chi connectivity index (χ0) is 13.0. The molecule has 1 aliphatic rings. The van der Waals surface area contributed by atoms with Gasteiger partial charge in [-0.25, -0.2) is 4.79 Å². The lowest BCUT2D eigenvalue weighted by molar-refractivity contribution is -0.142. The van der Waals surface area contributed by atoms with Crippen molar-refractivity contribution in [3.05, 3.63) is 35.9 Å². The highest BCUT2D eigenvalue weighted by atomic mass is 32.2. The van der Waals surface area contributed by atoms with E-state index < -0.39 is 12.0 Å². The molecular formula is C12H14N2O3S. The standard InChI is InChI=1S/C12H14N2O3S/c15-11(9-6-18-7-13-9)14-10(12(16)17)8-4-2-1-3-5-8/h1-5,9-10,13H,6-7H2,(H,14,15)(H,16,17). The fraction of sp³-hybridized carbons (Fsp3) is 0.333. The van der Waals surface area contributed by atoms with Crippen molar-refractivity contribution in [3.63, 3.8) is 0 Å². The number of benzene rings is 1. The molecule has 18 heavy (non-hydrogen) atoms. The molecule has 5 nitrogen and oxygen atoms in total. The number of amides is 1. The summed E-state index contributed by atoms with van der Waals surface area (Å²) >= 11 is 1.62. The molecule has 1 heterocycles. The molecule has 1 aromatic rings. The van der Waals surface area contributed by atoms with Gasteiger partial charge in [0, 0.05) is 11.6 Å². The van der Waals surface area contributed by atoms with Gasteiger partial charge in [-0.05, 0) is 5.56 Å². The molecule has 1 amide bonds. The maximum absolute atomic E-state index is 11.9. The third-order valence-corrected chi connectivity index (χ3v) is 3.64. The van der Waals surface area contributed by atoms with E-state index in [1.54, 1.807) is 42.1 Å². The molecule has 3 N–H and O–H groups in total. The summed E-state index contributed by atoms with van der Waals surface area (Å²) in [6.45, 7) is 0. The molecule has 96 valence electrons. The molecule has 0 aromatic heterocycles. The molecule has 1 aliphatic heterocycles. The number of carboxylic acid groups (broad SMARTS) is 1. The molecule has 0 bridgehead atoms. The number of thioether (sulfide) groups is 1. The van der Waals surface area contributed by atoms with E-state index in [1.165, 1.54) is 0 Å². The summed E-state index contributed by atoms with van der Waals surface area (Å²) in [4.78, 5) is 23.1. The number of hydrogen-bond donors (Lipinski definition) is 3. The average Bonchev–Trinajstić information content (AvgIpc) is 2.90. The highest BCUT2D eigenvalue weighted by Gasteiger charge is 2.28. The van der Waals surface area contributed by atoms with Crippen molar-refractivity contribution in [1.82, 2.24) is 10.6 Å². The van der Waals surface area contributed by atoms with E-state index in [1.807, 2.05) is 0 Å². The Labute approximate surface area is 109 Å². The van der Waals surface area contributed by atoms with E-state index in [2.05, 4.69) is 10.6 Å². The van der Waals surface area contributed by atoms with E-state index >= 15 is 0 Å². The first-order valence-corrected chi connectivity index (χ1v) is 6.73. The molecule has 2 unspecified atom stereocenters. The molecule has 1 aromatic carbocycles. The Balaban J connectivity index is 2.07. The van der Waals surface area contributed by atoms with Crippen molar-refractivity contribution in [2.45, 2.75) is 12.1 Å². The monoisotopic (exact) mass is 266 g/mol. The number of hydrogen-bond acceptors (Lipinski definition) is 4. The summed E-state index contributed by atoms with van der Waals surface area (Å²) in [6, 6.07) is 7.39. The first-order valence-electron chi connectivity index (χ1n) is 5.58. The van der Waals surface area contributed by atoms with Crippen LogP contribution in [0.4, 0.5) is 0 Å². The molecule has 1 fully saturated rings. The molecule has 0 aliphatic carbocycles. The summed E-state index contributed by atoms with van der Waals surface area (Å²) in [5.41, 5.74) is 0.573. The van der Waals surface area contributed by atoms with Crippen LogP contribution < -0.4 is 10.6 Å². The van der Waals surface area contributed by atoms with Crippen LogP contribution in [0.25, 0.3) is 0 Å². The first-order chi connectivity index (χ1) is 8.68. The second kappa shape index (κ2) is 5.88. The quantitative estimate of drug-likeness (QED) is 0.743. The zero-order valence-corrected chi connectivity index (χ0v) is 10.4. The normalized spacial score (nSPS) is 20.3. The molecule has 6 heteroatoms.